The molecule has 0 unspecified atom stereocenters. The number of ether oxygens (including phenoxy) is 1. The van der Waals surface area contributed by atoms with Gasteiger partial charge in [-0.3, -0.25) is 4.79 Å². The van der Waals surface area contributed by atoms with E-state index in [2.05, 4.69) is 29.4 Å². The summed E-state index contributed by atoms with van der Waals surface area (Å²) in [5.74, 6) is 0.801. The second kappa shape index (κ2) is 10.5. The number of benzene rings is 3. The molecule has 0 fully saturated rings. The number of hydrogen-bond donors (Lipinski definition) is 2. The van der Waals surface area contributed by atoms with Crippen LogP contribution >= 0.6 is 12.2 Å². The maximum absolute atomic E-state index is 12.9. The van der Waals surface area contributed by atoms with Gasteiger partial charge in [-0.2, -0.15) is 0 Å². The van der Waals surface area contributed by atoms with Gasteiger partial charge in [0.15, 0.2) is 5.11 Å². The van der Waals surface area contributed by atoms with Gasteiger partial charge in [0.2, 0.25) is 0 Å². The number of thiocarbonyl (C=S) groups is 1. The number of hydrogen-bond acceptors (Lipinski definition) is 3. The van der Waals surface area contributed by atoms with Gasteiger partial charge < -0.3 is 19.9 Å². The highest BCUT2D eigenvalue weighted by molar-refractivity contribution is 7.80. The Morgan fingerprint density at radius 1 is 1.03 bits per heavy atom. The fourth-order valence-electron chi connectivity index (χ4n) is 3.94. The molecule has 2 N–H and O–H groups in total. The molecule has 6 heteroatoms. The minimum absolute atomic E-state index is 0.0323. The summed E-state index contributed by atoms with van der Waals surface area (Å²) in [5.41, 5.74) is 4.74. The van der Waals surface area contributed by atoms with Crippen molar-refractivity contribution < 1.29 is 4.74 Å². The average Bonchev–Trinajstić information content (AvgIpc) is 2.85. The molecule has 1 aromatic heterocycles. The summed E-state index contributed by atoms with van der Waals surface area (Å²) in [6.07, 6.45) is 0. The van der Waals surface area contributed by atoms with Crippen molar-refractivity contribution in [3.05, 3.63) is 111 Å². The van der Waals surface area contributed by atoms with E-state index in [1.54, 1.807) is 7.11 Å². The Balaban J connectivity index is 1.61. The van der Waals surface area contributed by atoms with Crippen molar-refractivity contribution in [1.29, 1.82) is 0 Å². The zero-order chi connectivity index (χ0) is 24.1. The lowest BCUT2D eigenvalue weighted by Gasteiger charge is -2.28. The summed E-state index contributed by atoms with van der Waals surface area (Å²) in [6, 6.07) is 26.1. The van der Waals surface area contributed by atoms with Gasteiger partial charge in [0.25, 0.3) is 5.56 Å². The minimum atomic E-state index is -0.100. The van der Waals surface area contributed by atoms with Crippen molar-refractivity contribution in [3.8, 4) is 5.75 Å². The molecule has 34 heavy (non-hydrogen) atoms. The van der Waals surface area contributed by atoms with Crippen LogP contribution in [0.1, 0.15) is 35.2 Å². The number of nitrogens with zero attached hydrogens (tertiary/aromatic N) is 1. The smallest absolute Gasteiger partial charge is 0.253 e. The molecule has 4 rings (SSSR count). The number of H-pyrrole nitrogens is 1. The number of fused-ring (bicyclic) bond motifs is 1. The first-order valence-electron chi connectivity index (χ1n) is 11.3. The number of rotatable bonds is 7. The van der Waals surface area contributed by atoms with E-state index in [0.717, 1.165) is 33.3 Å². The average molecular weight is 472 g/mol. The van der Waals surface area contributed by atoms with Crippen LogP contribution in [0.5, 0.6) is 5.75 Å². The molecular formula is C28H29N3O2S. The van der Waals surface area contributed by atoms with Crippen molar-refractivity contribution in [2.45, 2.75) is 33.0 Å². The van der Waals surface area contributed by atoms with Gasteiger partial charge >= 0.3 is 0 Å². The normalized spacial score (nSPS) is 11.7. The Hall–Kier alpha value is -3.64. The van der Waals surface area contributed by atoms with E-state index in [1.165, 1.54) is 0 Å². The summed E-state index contributed by atoms with van der Waals surface area (Å²) in [7, 11) is 1.65. The van der Waals surface area contributed by atoms with Crippen LogP contribution in [0.15, 0.2) is 83.7 Å². The van der Waals surface area contributed by atoms with Gasteiger partial charge in [-0.25, -0.2) is 0 Å². The predicted molar refractivity (Wildman–Crippen MR) is 142 cm³/mol. The molecule has 3 aromatic carbocycles. The highest BCUT2D eigenvalue weighted by Crippen LogP contribution is 2.18. The summed E-state index contributed by atoms with van der Waals surface area (Å²) in [5, 5.41) is 5.04. The Morgan fingerprint density at radius 2 is 1.76 bits per heavy atom. The largest absolute Gasteiger partial charge is 0.497 e. The molecule has 0 bridgehead atoms. The van der Waals surface area contributed by atoms with Crippen LogP contribution in [0.2, 0.25) is 0 Å². The van der Waals surface area contributed by atoms with E-state index in [9.17, 15) is 4.79 Å². The number of methoxy groups -OCH3 is 1. The molecule has 0 aliphatic rings. The Morgan fingerprint density at radius 3 is 2.47 bits per heavy atom. The molecule has 0 aliphatic heterocycles. The van der Waals surface area contributed by atoms with Gasteiger partial charge in [-0.1, -0.05) is 54.6 Å². The molecule has 0 spiro atoms. The number of pyridine rings is 1. The molecule has 0 aliphatic carbocycles. The van der Waals surface area contributed by atoms with Crippen molar-refractivity contribution in [2.24, 2.45) is 0 Å². The van der Waals surface area contributed by atoms with Gasteiger partial charge in [0.05, 0.1) is 19.7 Å². The Labute approximate surface area is 205 Å². The van der Waals surface area contributed by atoms with E-state index < -0.39 is 0 Å². The Kier molecular flexibility index (Phi) is 7.28. The SMILES string of the molecule is COc1ccc(CN(Cc2cc3ccc(C)cc3[nH]c2=O)C(=S)N[C@@H](C)c2ccccc2)cc1. The quantitative estimate of drug-likeness (QED) is 0.350. The molecule has 0 radical (unpaired) electrons. The fourth-order valence-corrected chi connectivity index (χ4v) is 4.24. The molecule has 0 amide bonds. The highest BCUT2D eigenvalue weighted by Gasteiger charge is 2.17. The standard InChI is InChI=1S/C28H29N3O2S/c1-19-9-12-23-16-24(27(32)30-26(23)15-19)18-31(17-21-10-13-25(33-3)14-11-21)28(34)29-20(2)22-7-5-4-6-8-22/h4-16,20H,17-18H2,1-3H3,(H,29,34)(H,30,32)/t20-/m0/s1. The summed E-state index contributed by atoms with van der Waals surface area (Å²) in [6.45, 7) is 5.04. The monoisotopic (exact) mass is 471 g/mol. The van der Waals surface area contributed by atoms with Crippen molar-refractivity contribution in [1.82, 2.24) is 15.2 Å². The van der Waals surface area contributed by atoms with Crippen LogP contribution in [0.25, 0.3) is 10.9 Å². The first-order chi connectivity index (χ1) is 16.4. The predicted octanol–water partition coefficient (Wildman–Crippen LogP) is 5.48. The van der Waals surface area contributed by atoms with Crippen LogP contribution in [0.4, 0.5) is 0 Å². The van der Waals surface area contributed by atoms with Crippen LogP contribution in [0, 0.1) is 6.92 Å². The molecule has 1 atom stereocenters. The van der Waals surface area contributed by atoms with Crippen LogP contribution in [0.3, 0.4) is 0 Å². The van der Waals surface area contributed by atoms with Gasteiger partial charge in [0.1, 0.15) is 5.75 Å². The van der Waals surface area contributed by atoms with E-state index in [-0.39, 0.29) is 11.6 Å². The van der Waals surface area contributed by atoms with Crippen LogP contribution < -0.4 is 15.6 Å². The third-order valence-electron chi connectivity index (χ3n) is 5.90. The Bertz CT molecular complexity index is 1330. The molecule has 4 aromatic rings. The molecule has 0 saturated heterocycles. The van der Waals surface area contributed by atoms with Crippen molar-refractivity contribution >= 4 is 28.2 Å². The third-order valence-corrected chi connectivity index (χ3v) is 6.27. The molecule has 174 valence electrons. The number of aryl methyl sites for hydroxylation is 1. The lowest BCUT2D eigenvalue weighted by Crippen LogP contribution is -2.41. The molecular weight excluding hydrogens is 442 g/mol. The summed E-state index contributed by atoms with van der Waals surface area (Å²) < 4.78 is 5.29. The topological polar surface area (TPSA) is 57.4 Å². The summed E-state index contributed by atoms with van der Waals surface area (Å²) >= 11 is 5.83. The molecule has 5 nitrogen and oxygen atoms in total. The lowest BCUT2D eigenvalue weighted by molar-refractivity contribution is 0.390. The minimum Gasteiger partial charge on any atom is -0.497 e. The van der Waals surface area contributed by atoms with E-state index in [1.807, 2.05) is 78.6 Å². The van der Waals surface area contributed by atoms with E-state index in [0.29, 0.717) is 23.8 Å². The fraction of sp³-hybridized carbons (Fsp3) is 0.214. The number of nitrogens with one attached hydrogen (secondary N) is 2. The highest BCUT2D eigenvalue weighted by atomic mass is 32.1. The number of aromatic amines is 1. The first-order valence-corrected chi connectivity index (χ1v) is 11.7. The zero-order valence-corrected chi connectivity index (χ0v) is 20.5. The second-order valence-electron chi connectivity index (χ2n) is 8.50. The van der Waals surface area contributed by atoms with Gasteiger partial charge in [-0.05, 0) is 72.4 Å². The number of aromatic nitrogens is 1. The summed E-state index contributed by atoms with van der Waals surface area (Å²) in [4.78, 5) is 18.0. The van der Waals surface area contributed by atoms with Crippen molar-refractivity contribution in [3.63, 3.8) is 0 Å². The lowest BCUT2D eigenvalue weighted by atomic mass is 10.1. The maximum Gasteiger partial charge on any atom is 0.253 e. The van der Waals surface area contributed by atoms with Crippen molar-refractivity contribution in [2.75, 3.05) is 7.11 Å². The second-order valence-corrected chi connectivity index (χ2v) is 8.89. The molecule has 0 saturated carbocycles. The maximum atomic E-state index is 12.9. The van der Waals surface area contributed by atoms with E-state index in [4.69, 9.17) is 17.0 Å². The zero-order valence-electron chi connectivity index (χ0n) is 19.7. The van der Waals surface area contributed by atoms with Crippen LogP contribution in [-0.4, -0.2) is 22.1 Å². The third kappa shape index (κ3) is 5.64. The first kappa shape index (κ1) is 23.5. The van der Waals surface area contributed by atoms with E-state index >= 15 is 0 Å². The van der Waals surface area contributed by atoms with Crippen LogP contribution in [-0.2, 0) is 13.1 Å². The molecule has 1 heterocycles. The van der Waals surface area contributed by atoms with Gasteiger partial charge in [0, 0.05) is 17.6 Å². The van der Waals surface area contributed by atoms with Gasteiger partial charge in [-0.15, -0.1) is 0 Å².